The minimum Gasteiger partial charge on any atom is -0.368 e. The van der Waals surface area contributed by atoms with Crippen molar-refractivity contribution >= 4 is 5.91 Å². The van der Waals surface area contributed by atoms with E-state index in [1.54, 1.807) is 0 Å². The van der Waals surface area contributed by atoms with Crippen LogP contribution in [-0.2, 0) is 4.79 Å². The van der Waals surface area contributed by atoms with Crippen LogP contribution in [0.4, 0.5) is 0 Å². The summed E-state index contributed by atoms with van der Waals surface area (Å²) in [5, 5.41) is 3.25. The molecule has 1 amide bonds. The van der Waals surface area contributed by atoms with Gasteiger partial charge in [0.1, 0.15) is 5.54 Å². The summed E-state index contributed by atoms with van der Waals surface area (Å²) in [5.74, 6) is 1.23. The molecule has 5 heteroatoms. The van der Waals surface area contributed by atoms with Crippen LogP contribution in [0, 0.1) is 11.8 Å². The summed E-state index contributed by atoms with van der Waals surface area (Å²) in [7, 11) is 1.88. The number of hydrogen-bond acceptors (Lipinski definition) is 4. The predicted molar refractivity (Wildman–Crippen MR) is 79.3 cm³/mol. The van der Waals surface area contributed by atoms with E-state index in [2.05, 4.69) is 15.1 Å². The first kappa shape index (κ1) is 14.3. The number of primary amides is 1. The summed E-state index contributed by atoms with van der Waals surface area (Å²) in [6.07, 6.45) is 5.11. The number of piperazine rings is 1. The fourth-order valence-corrected chi connectivity index (χ4v) is 3.54. The summed E-state index contributed by atoms with van der Waals surface area (Å²) >= 11 is 0. The molecule has 0 aromatic rings. The standard InChI is InChI=1S/C15H28N4O/c1-17-15(14(16)20,13-4-5-13)11-19-8-6-18(7-9-19)10-12-2-3-12/h12-13,17H,2-11H2,1H3,(H2,16,20). The van der Waals surface area contributed by atoms with E-state index < -0.39 is 5.54 Å². The highest BCUT2D eigenvalue weighted by Crippen LogP contribution is 2.40. The van der Waals surface area contributed by atoms with Gasteiger partial charge in [0.25, 0.3) is 0 Å². The maximum absolute atomic E-state index is 11.9. The Balaban J connectivity index is 1.52. The lowest BCUT2D eigenvalue weighted by Gasteiger charge is -2.40. The normalized spacial score (nSPS) is 28.2. The molecular formula is C15H28N4O. The molecule has 3 N–H and O–H groups in total. The molecule has 5 nitrogen and oxygen atoms in total. The summed E-state index contributed by atoms with van der Waals surface area (Å²) in [5.41, 5.74) is 5.20. The number of likely N-dealkylation sites (N-methyl/N-ethyl adjacent to an activating group) is 1. The number of carbonyl (C=O) groups excluding carboxylic acids is 1. The van der Waals surface area contributed by atoms with Gasteiger partial charge in [-0.25, -0.2) is 0 Å². The zero-order valence-corrected chi connectivity index (χ0v) is 12.6. The SMILES string of the molecule is CNC(CN1CCN(CC2CC2)CC1)(C(N)=O)C1CC1. The molecule has 20 heavy (non-hydrogen) atoms. The first-order chi connectivity index (χ1) is 9.64. The van der Waals surface area contributed by atoms with Gasteiger partial charge in [-0.3, -0.25) is 9.69 Å². The predicted octanol–water partition coefficient (Wildman–Crippen LogP) is -0.132. The van der Waals surface area contributed by atoms with E-state index in [9.17, 15) is 4.79 Å². The summed E-state index contributed by atoms with van der Waals surface area (Å²) in [6.45, 7) is 6.47. The number of nitrogens with zero attached hydrogens (tertiary/aromatic N) is 2. The van der Waals surface area contributed by atoms with Gasteiger partial charge in [0.05, 0.1) is 0 Å². The van der Waals surface area contributed by atoms with E-state index in [-0.39, 0.29) is 5.91 Å². The van der Waals surface area contributed by atoms with Crippen molar-refractivity contribution in [3.05, 3.63) is 0 Å². The topological polar surface area (TPSA) is 61.6 Å². The maximum Gasteiger partial charge on any atom is 0.239 e. The van der Waals surface area contributed by atoms with Crippen molar-refractivity contribution in [1.82, 2.24) is 15.1 Å². The molecule has 1 aliphatic heterocycles. The lowest BCUT2D eigenvalue weighted by Crippen LogP contribution is -2.64. The number of hydrogen-bond donors (Lipinski definition) is 2. The third kappa shape index (κ3) is 3.00. The van der Waals surface area contributed by atoms with E-state index in [0.717, 1.165) is 51.5 Å². The Morgan fingerprint density at radius 2 is 1.75 bits per heavy atom. The Bertz CT molecular complexity index is 359. The number of nitrogens with one attached hydrogen (secondary N) is 1. The minimum atomic E-state index is -0.501. The summed E-state index contributed by atoms with van der Waals surface area (Å²) < 4.78 is 0. The zero-order chi connectivity index (χ0) is 14.2. The third-order valence-electron chi connectivity index (χ3n) is 5.31. The van der Waals surface area contributed by atoms with Gasteiger partial charge in [-0.2, -0.15) is 0 Å². The van der Waals surface area contributed by atoms with Gasteiger partial charge in [0.15, 0.2) is 0 Å². The molecule has 1 atom stereocenters. The van der Waals surface area contributed by atoms with Crippen LogP contribution in [0.3, 0.4) is 0 Å². The quantitative estimate of drug-likeness (QED) is 0.682. The van der Waals surface area contributed by atoms with Crippen molar-refractivity contribution in [2.75, 3.05) is 46.3 Å². The fourth-order valence-electron chi connectivity index (χ4n) is 3.54. The van der Waals surface area contributed by atoms with Crippen LogP contribution < -0.4 is 11.1 Å². The molecule has 0 aromatic carbocycles. The van der Waals surface area contributed by atoms with Gasteiger partial charge in [-0.15, -0.1) is 0 Å². The van der Waals surface area contributed by atoms with Crippen LogP contribution in [0.25, 0.3) is 0 Å². The highest BCUT2D eigenvalue weighted by Gasteiger charge is 2.49. The molecule has 0 radical (unpaired) electrons. The summed E-state index contributed by atoms with van der Waals surface area (Å²) in [4.78, 5) is 16.9. The van der Waals surface area contributed by atoms with Crippen LogP contribution in [0.2, 0.25) is 0 Å². The van der Waals surface area contributed by atoms with Crippen molar-refractivity contribution in [2.24, 2.45) is 17.6 Å². The number of nitrogens with two attached hydrogens (primary N) is 1. The molecule has 0 aromatic heterocycles. The second-order valence-corrected chi connectivity index (χ2v) is 6.88. The van der Waals surface area contributed by atoms with Gasteiger partial charge >= 0.3 is 0 Å². The van der Waals surface area contributed by atoms with Gasteiger partial charge in [0.2, 0.25) is 5.91 Å². The third-order valence-corrected chi connectivity index (χ3v) is 5.31. The zero-order valence-electron chi connectivity index (χ0n) is 12.6. The molecular weight excluding hydrogens is 252 g/mol. The first-order valence-corrected chi connectivity index (χ1v) is 8.07. The van der Waals surface area contributed by atoms with Crippen molar-refractivity contribution in [3.63, 3.8) is 0 Å². The first-order valence-electron chi connectivity index (χ1n) is 8.07. The Labute approximate surface area is 121 Å². The van der Waals surface area contributed by atoms with E-state index in [1.807, 2.05) is 7.05 Å². The number of amides is 1. The average Bonchev–Trinajstić information content (AvgIpc) is 3.30. The van der Waals surface area contributed by atoms with Gasteiger partial charge < -0.3 is 16.0 Å². The summed E-state index contributed by atoms with van der Waals surface area (Å²) in [6, 6.07) is 0. The van der Waals surface area contributed by atoms with E-state index >= 15 is 0 Å². The molecule has 0 bridgehead atoms. The Hall–Kier alpha value is -0.650. The van der Waals surface area contributed by atoms with Crippen LogP contribution in [0.1, 0.15) is 25.7 Å². The molecule has 3 aliphatic rings. The second-order valence-electron chi connectivity index (χ2n) is 6.88. The van der Waals surface area contributed by atoms with Gasteiger partial charge in [-0.05, 0) is 44.6 Å². The highest BCUT2D eigenvalue weighted by atomic mass is 16.1. The van der Waals surface area contributed by atoms with Crippen LogP contribution in [-0.4, -0.2) is 67.6 Å². The lowest BCUT2D eigenvalue weighted by atomic mass is 9.91. The van der Waals surface area contributed by atoms with E-state index in [4.69, 9.17) is 5.73 Å². The molecule has 1 unspecified atom stereocenters. The Morgan fingerprint density at radius 3 is 2.20 bits per heavy atom. The maximum atomic E-state index is 11.9. The molecule has 114 valence electrons. The minimum absolute atomic E-state index is 0.178. The molecule has 1 heterocycles. The van der Waals surface area contributed by atoms with Crippen LogP contribution in [0.15, 0.2) is 0 Å². The Morgan fingerprint density at radius 1 is 1.15 bits per heavy atom. The van der Waals surface area contributed by atoms with Crippen LogP contribution >= 0.6 is 0 Å². The van der Waals surface area contributed by atoms with Crippen molar-refractivity contribution in [3.8, 4) is 0 Å². The fraction of sp³-hybridized carbons (Fsp3) is 0.933. The molecule has 1 saturated heterocycles. The van der Waals surface area contributed by atoms with E-state index in [1.165, 1.54) is 19.4 Å². The van der Waals surface area contributed by atoms with Crippen molar-refractivity contribution in [1.29, 1.82) is 0 Å². The van der Waals surface area contributed by atoms with Crippen molar-refractivity contribution < 1.29 is 4.79 Å². The van der Waals surface area contributed by atoms with Gasteiger partial charge in [-0.1, -0.05) is 0 Å². The van der Waals surface area contributed by atoms with Crippen molar-refractivity contribution in [2.45, 2.75) is 31.2 Å². The molecule has 0 spiro atoms. The largest absolute Gasteiger partial charge is 0.368 e. The number of rotatable bonds is 7. The molecule has 2 aliphatic carbocycles. The second kappa shape index (κ2) is 5.62. The monoisotopic (exact) mass is 280 g/mol. The average molecular weight is 280 g/mol. The van der Waals surface area contributed by atoms with E-state index in [0.29, 0.717) is 5.92 Å². The lowest BCUT2D eigenvalue weighted by molar-refractivity contribution is -0.126. The van der Waals surface area contributed by atoms with Crippen LogP contribution in [0.5, 0.6) is 0 Å². The van der Waals surface area contributed by atoms with Gasteiger partial charge in [0, 0.05) is 39.3 Å². The Kier molecular flexibility index (Phi) is 4.02. The smallest absolute Gasteiger partial charge is 0.239 e. The molecule has 3 fully saturated rings. The number of carbonyl (C=O) groups is 1. The highest BCUT2D eigenvalue weighted by molar-refractivity contribution is 5.86. The molecule has 2 saturated carbocycles. The molecule has 3 rings (SSSR count).